The van der Waals surface area contributed by atoms with E-state index in [0.717, 1.165) is 21.6 Å². The van der Waals surface area contributed by atoms with Crippen molar-refractivity contribution in [3.8, 4) is 0 Å². The van der Waals surface area contributed by atoms with Gasteiger partial charge in [-0.15, -0.1) is 15.3 Å². The van der Waals surface area contributed by atoms with Crippen molar-refractivity contribution >= 4 is 39.4 Å². The molecular weight excluding hydrogens is 368 g/mol. The lowest BCUT2D eigenvalue weighted by Gasteiger charge is -1.97. The Labute approximate surface area is 156 Å². The van der Waals surface area contributed by atoms with Crippen LogP contribution in [0, 0.1) is 10.1 Å². The van der Waals surface area contributed by atoms with Gasteiger partial charge in [-0.05, 0) is 29.8 Å². The van der Waals surface area contributed by atoms with Crippen LogP contribution in [0.15, 0.2) is 53.6 Å². The van der Waals surface area contributed by atoms with E-state index in [0.29, 0.717) is 11.7 Å². The average Bonchev–Trinajstić information content (AvgIpc) is 3.30. The number of fused-ring (bicyclic) bond motifs is 1. The number of hydrogen-bond acceptors (Lipinski definition) is 9. The summed E-state index contributed by atoms with van der Waals surface area (Å²) in [5, 5.41) is 32.4. The number of hydrazone groups is 1. The van der Waals surface area contributed by atoms with Crippen LogP contribution in [0.25, 0.3) is 11.0 Å². The highest BCUT2D eigenvalue weighted by Crippen LogP contribution is 2.18. The van der Waals surface area contributed by atoms with Gasteiger partial charge in [0.15, 0.2) is 0 Å². The van der Waals surface area contributed by atoms with E-state index < -0.39 is 4.92 Å². The van der Waals surface area contributed by atoms with Gasteiger partial charge in [-0.2, -0.15) is 5.10 Å². The Kier molecular flexibility index (Phi) is 4.49. The second kappa shape index (κ2) is 7.25. The number of aromatic nitrogens is 5. The normalized spacial score (nSPS) is 11.3. The summed E-state index contributed by atoms with van der Waals surface area (Å²) in [5.41, 5.74) is 5.32. The second-order valence-electron chi connectivity index (χ2n) is 5.46. The Balaban J connectivity index is 1.40. The largest absolute Gasteiger partial charge is 0.269 e. The molecule has 2 aromatic carbocycles. The van der Waals surface area contributed by atoms with Crippen molar-refractivity contribution in [2.75, 3.05) is 5.43 Å². The number of nitro benzene ring substituents is 1. The molecule has 1 N–H and O–H groups in total. The highest BCUT2D eigenvalue weighted by molar-refractivity contribution is 7.15. The van der Waals surface area contributed by atoms with Gasteiger partial charge in [0.2, 0.25) is 5.13 Å². The molecule has 27 heavy (non-hydrogen) atoms. The molecule has 11 heteroatoms. The number of anilines is 1. The molecule has 4 rings (SSSR count). The van der Waals surface area contributed by atoms with Crippen molar-refractivity contribution < 1.29 is 4.92 Å². The van der Waals surface area contributed by atoms with Crippen LogP contribution in [-0.2, 0) is 6.54 Å². The van der Waals surface area contributed by atoms with E-state index in [9.17, 15) is 10.1 Å². The third-order valence-corrected chi connectivity index (χ3v) is 4.46. The van der Waals surface area contributed by atoms with Crippen LogP contribution in [0.4, 0.5) is 10.8 Å². The summed E-state index contributed by atoms with van der Waals surface area (Å²) in [5.74, 6) is 0. The minimum absolute atomic E-state index is 0.0366. The first-order valence-corrected chi connectivity index (χ1v) is 8.65. The summed E-state index contributed by atoms with van der Waals surface area (Å²) < 4.78 is 1.76. The molecule has 0 radical (unpaired) electrons. The molecule has 134 valence electrons. The van der Waals surface area contributed by atoms with Crippen LogP contribution >= 0.6 is 11.3 Å². The topological polar surface area (TPSA) is 124 Å². The van der Waals surface area contributed by atoms with Gasteiger partial charge in [0.05, 0.1) is 23.2 Å². The number of nitrogens with one attached hydrogen (secondary N) is 1. The van der Waals surface area contributed by atoms with Gasteiger partial charge in [-0.3, -0.25) is 15.5 Å². The first-order valence-electron chi connectivity index (χ1n) is 7.83. The minimum Gasteiger partial charge on any atom is -0.258 e. The zero-order chi connectivity index (χ0) is 18.6. The molecule has 0 spiro atoms. The number of benzene rings is 2. The number of rotatable bonds is 6. The van der Waals surface area contributed by atoms with E-state index in [4.69, 9.17) is 0 Å². The maximum absolute atomic E-state index is 10.6. The van der Waals surface area contributed by atoms with E-state index in [-0.39, 0.29) is 5.69 Å². The summed E-state index contributed by atoms with van der Waals surface area (Å²) >= 11 is 1.36. The van der Waals surface area contributed by atoms with Gasteiger partial charge in [0.1, 0.15) is 10.5 Å². The molecule has 0 bridgehead atoms. The molecule has 2 heterocycles. The molecule has 0 unspecified atom stereocenters. The molecule has 0 saturated carbocycles. The van der Waals surface area contributed by atoms with Crippen LogP contribution in [-0.4, -0.2) is 36.3 Å². The standard InChI is InChI=1S/C16H12N8O2S/c25-24(26)12-7-5-11(6-8-12)9-17-20-16-21-19-15(27-16)10-23-14-4-2-1-3-13(14)18-22-23/h1-9H,10H2,(H,20,21)/b17-9+. The van der Waals surface area contributed by atoms with Gasteiger partial charge in [0, 0.05) is 12.1 Å². The zero-order valence-electron chi connectivity index (χ0n) is 13.8. The maximum atomic E-state index is 10.6. The number of nitrogens with zero attached hydrogens (tertiary/aromatic N) is 7. The van der Waals surface area contributed by atoms with E-state index in [1.54, 1.807) is 23.0 Å². The maximum Gasteiger partial charge on any atom is 0.269 e. The highest BCUT2D eigenvalue weighted by Gasteiger charge is 2.08. The predicted molar refractivity (Wildman–Crippen MR) is 101 cm³/mol. The molecule has 0 amide bonds. The molecule has 4 aromatic rings. The fourth-order valence-electron chi connectivity index (χ4n) is 2.37. The van der Waals surface area contributed by atoms with Gasteiger partial charge in [-0.1, -0.05) is 28.7 Å². The number of hydrogen-bond donors (Lipinski definition) is 1. The first kappa shape index (κ1) is 16.7. The molecule has 0 aliphatic rings. The molecular formula is C16H12N8O2S. The molecule has 2 aromatic heterocycles. The Morgan fingerprint density at radius 2 is 1.96 bits per heavy atom. The van der Waals surface area contributed by atoms with Crippen LogP contribution in [0.5, 0.6) is 0 Å². The van der Waals surface area contributed by atoms with E-state index in [2.05, 4.69) is 31.0 Å². The summed E-state index contributed by atoms with van der Waals surface area (Å²) in [4.78, 5) is 10.2. The van der Waals surface area contributed by atoms with Gasteiger partial charge in [0.25, 0.3) is 5.69 Å². The summed E-state index contributed by atoms with van der Waals surface area (Å²) in [6, 6.07) is 13.8. The van der Waals surface area contributed by atoms with Crippen molar-refractivity contribution in [1.29, 1.82) is 0 Å². The summed E-state index contributed by atoms with van der Waals surface area (Å²) in [6.45, 7) is 0.464. The Morgan fingerprint density at radius 3 is 2.78 bits per heavy atom. The van der Waals surface area contributed by atoms with Crippen molar-refractivity contribution in [2.24, 2.45) is 5.10 Å². The summed E-state index contributed by atoms with van der Waals surface area (Å²) in [7, 11) is 0. The van der Waals surface area contributed by atoms with Crippen molar-refractivity contribution in [1.82, 2.24) is 25.2 Å². The van der Waals surface area contributed by atoms with Crippen molar-refractivity contribution in [3.63, 3.8) is 0 Å². The molecule has 0 aliphatic carbocycles. The molecule has 0 saturated heterocycles. The predicted octanol–water partition coefficient (Wildman–Crippen LogP) is 2.69. The van der Waals surface area contributed by atoms with E-state index in [1.165, 1.54) is 23.5 Å². The Hall–Kier alpha value is -3.73. The minimum atomic E-state index is -0.444. The first-order chi connectivity index (χ1) is 13.2. The Bertz CT molecular complexity index is 1120. The van der Waals surface area contributed by atoms with Crippen molar-refractivity contribution in [3.05, 3.63) is 69.2 Å². The highest BCUT2D eigenvalue weighted by atomic mass is 32.1. The third-order valence-electron chi connectivity index (χ3n) is 3.65. The zero-order valence-corrected chi connectivity index (χ0v) is 14.6. The monoisotopic (exact) mass is 380 g/mol. The number of para-hydroxylation sites is 1. The lowest BCUT2D eigenvalue weighted by atomic mass is 10.2. The molecule has 0 fully saturated rings. The smallest absolute Gasteiger partial charge is 0.258 e. The third kappa shape index (κ3) is 3.77. The summed E-state index contributed by atoms with van der Waals surface area (Å²) in [6.07, 6.45) is 1.55. The van der Waals surface area contributed by atoms with Crippen LogP contribution in [0.2, 0.25) is 0 Å². The number of nitro groups is 1. The van der Waals surface area contributed by atoms with E-state index >= 15 is 0 Å². The van der Waals surface area contributed by atoms with Crippen LogP contribution in [0.3, 0.4) is 0 Å². The van der Waals surface area contributed by atoms with Crippen LogP contribution in [0.1, 0.15) is 10.6 Å². The molecule has 0 atom stereocenters. The lowest BCUT2D eigenvalue weighted by Crippen LogP contribution is -2.01. The molecule has 10 nitrogen and oxygen atoms in total. The number of non-ortho nitro benzene ring substituents is 1. The van der Waals surface area contributed by atoms with E-state index in [1.807, 2.05) is 24.3 Å². The average molecular weight is 380 g/mol. The Morgan fingerprint density at radius 1 is 1.15 bits per heavy atom. The van der Waals surface area contributed by atoms with Crippen LogP contribution < -0.4 is 5.43 Å². The van der Waals surface area contributed by atoms with Crippen molar-refractivity contribution in [2.45, 2.75) is 6.54 Å². The molecule has 0 aliphatic heterocycles. The fraction of sp³-hybridized carbons (Fsp3) is 0.0625. The fourth-order valence-corrected chi connectivity index (χ4v) is 3.04. The second-order valence-corrected chi connectivity index (χ2v) is 6.52. The lowest BCUT2D eigenvalue weighted by molar-refractivity contribution is -0.384. The SMILES string of the molecule is O=[N+]([O-])c1ccc(/C=N/Nc2nnc(Cn3nnc4ccccc43)s2)cc1. The van der Waals surface area contributed by atoms with Gasteiger partial charge >= 0.3 is 0 Å². The quantitative estimate of drug-likeness (QED) is 0.310. The van der Waals surface area contributed by atoms with Gasteiger partial charge < -0.3 is 0 Å². The van der Waals surface area contributed by atoms with Gasteiger partial charge in [-0.25, -0.2) is 4.68 Å².